The van der Waals surface area contributed by atoms with Crippen LogP contribution in [-0.2, 0) is 18.6 Å². The molecular formula is C24H21N5OS. The summed E-state index contributed by atoms with van der Waals surface area (Å²) in [5.41, 5.74) is 5.13. The highest BCUT2D eigenvalue weighted by molar-refractivity contribution is 7.98. The molecule has 0 saturated carbocycles. The molecule has 154 valence electrons. The van der Waals surface area contributed by atoms with Crippen molar-refractivity contribution >= 4 is 23.4 Å². The van der Waals surface area contributed by atoms with Crippen LogP contribution in [0.15, 0.2) is 77.7 Å². The Kier molecular flexibility index (Phi) is 5.50. The summed E-state index contributed by atoms with van der Waals surface area (Å²) < 4.78 is 1.72. The second-order valence-electron chi connectivity index (χ2n) is 7.42. The van der Waals surface area contributed by atoms with E-state index in [1.165, 1.54) is 17.5 Å². The quantitative estimate of drug-likeness (QED) is 0.452. The minimum Gasteiger partial charge on any atom is -0.322 e. The SMILES string of the molecule is O=C(Nc1ccc2c(c1)CCC2)c1ccccc1SCc1nnnn1-c1ccccc1. The van der Waals surface area contributed by atoms with Crippen LogP contribution in [0.3, 0.4) is 0 Å². The molecule has 0 aliphatic heterocycles. The number of nitrogens with one attached hydrogen (secondary N) is 1. The number of aromatic nitrogens is 4. The van der Waals surface area contributed by atoms with Crippen molar-refractivity contribution < 1.29 is 4.79 Å². The molecule has 5 rings (SSSR count). The van der Waals surface area contributed by atoms with Crippen molar-refractivity contribution in [2.45, 2.75) is 29.9 Å². The van der Waals surface area contributed by atoms with Gasteiger partial charge in [0.2, 0.25) is 0 Å². The van der Waals surface area contributed by atoms with Crippen LogP contribution in [0.25, 0.3) is 5.69 Å². The minimum absolute atomic E-state index is 0.108. The normalized spacial score (nSPS) is 12.5. The van der Waals surface area contributed by atoms with E-state index in [9.17, 15) is 4.79 Å². The fourth-order valence-electron chi connectivity index (χ4n) is 3.84. The van der Waals surface area contributed by atoms with Gasteiger partial charge in [0, 0.05) is 10.6 Å². The van der Waals surface area contributed by atoms with Crippen LogP contribution in [0.1, 0.15) is 33.7 Å². The molecule has 31 heavy (non-hydrogen) atoms. The van der Waals surface area contributed by atoms with E-state index in [0.29, 0.717) is 11.3 Å². The first kappa shape index (κ1) is 19.5. The third kappa shape index (κ3) is 4.22. The van der Waals surface area contributed by atoms with Gasteiger partial charge < -0.3 is 5.32 Å². The molecular weight excluding hydrogens is 406 g/mol. The lowest BCUT2D eigenvalue weighted by Gasteiger charge is -2.11. The molecule has 0 radical (unpaired) electrons. The molecule has 7 heteroatoms. The number of anilines is 1. The van der Waals surface area contributed by atoms with Crippen molar-refractivity contribution in [3.8, 4) is 5.69 Å². The van der Waals surface area contributed by atoms with E-state index in [2.05, 4.69) is 33.0 Å². The number of benzene rings is 3. The fourth-order valence-corrected chi connectivity index (χ4v) is 4.79. The zero-order chi connectivity index (χ0) is 21.0. The molecule has 1 heterocycles. The van der Waals surface area contributed by atoms with Crippen LogP contribution in [0.4, 0.5) is 5.69 Å². The Morgan fingerprint density at radius 2 is 1.77 bits per heavy atom. The van der Waals surface area contributed by atoms with Crippen LogP contribution < -0.4 is 5.32 Å². The highest BCUT2D eigenvalue weighted by Gasteiger charge is 2.16. The fraction of sp³-hybridized carbons (Fsp3) is 0.167. The van der Waals surface area contributed by atoms with E-state index < -0.39 is 0 Å². The number of nitrogens with zero attached hydrogens (tertiary/aromatic N) is 4. The number of carbonyl (C=O) groups is 1. The Balaban J connectivity index is 1.32. The lowest BCUT2D eigenvalue weighted by molar-refractivity contribution is 0.102. The number of para-hydroxylation sites is 1. The predicted molar refractivity (Wildman–Crippen MR) is 122 cm³/mol. The molecule has 0 unspecified atom stereocenters. The van der Waals surface area contributed by atoms with Gasteiger partial charge in [-0.1, -0.05) is 36.4 Å². The van der Waals surface area contributed by atoms with Gasteiger partial charge in [-0.3, -0.25) is 4.79 Å². The molecule has 1 aromatic heterocycles. The Hall–Kier alpha value is -3.45. The van der Waals surface area contributed by atoms with Crippen molar-refractivity contribution in [3.05, 3.63) is 95.3 Å². The molecule has 1 N–H and O–H groups in total. The van der Waals surface area contributed by atoms with Crippen LogP contribution in [0.2, 0.25) is 0 Å². The monoisotopic (exact) mass is 427 g/mol. The molecule has 0 bridgehead atoms. The summed E-state index contributed by atoms with van der Waals surface area (Å²) >= 11 is 1.55. The summed E-state index contributed by atoms with van der Waals surface area (Å²) in [5, 5.41) is 15.2. The topological polar surface area (TPSA) is 72.7 Å². The number of tetrazole rings is 1. The largest absolute Gasteiger partial charge is 0.322 e. The van der Waals surface area contributed by atoms with E-state index in [1.54, 1.807) is 16.4 Å². The third-order valence-corrected chi connectivity index (χ3v) is 6.45. The van der Waals surface area contributed by atoms with Gasteiger partial charge in [0.25, 0.3) is 5.91 Å². The van der Waals surface area contributed by atoms with E-state index >= 15 is 0 Å². The smallest absolute Gasteiger partial charge is 0.256 e. The van der Waals surface area contributed by atoms with Crippen LogP contribution in [0, 0.1) is 0 Å². The molecule has 6 nitrogen and oxygen atoms in total. The standard InChI is InChI=1S/C24H21N5OS/c30-24(25-19-14-13-17-7-6-8-18(17)15-19)21-11-4-5-12-22(21)31-16-23-26-27-28-29(23)20-9-2-1-3-10-20/h1-5,9-15H,6-8,16H2,(H,25,30). The van der Waals surface area contributed by atoms with Gasteiger partial charge in [-0.05, 0) is 77.2 Å². The van der Waals surface area contributed by atoms with E-state index in [4.69, 9.17) is 0 Å². The zero-order valence-corrected chi connectivity index (χ0v) is 17.7. The van der Waals surface area contributed by atoms with Gasteiger partial charge >= 0.3 is 0 Å². The number of carbonyl (C=O) groups excluding carboxylic acids is 1. The minimum atomic E-state index is -0.108. The molecule has 0 atom stereocenters. The Morgan fingerprint density at radius 3 is 2.68 bits per heavy atom. The van der Waals surface area contributed by atoms with Crippen molar-refractivity contribution in [1.29, 1.82) is 0 Å². The molecule has 1 amide bonds. The number of amides is 1. The zero-order valence-electron chi connectivity index (χ0n) is 16.9. The summed E-state index contributed by atoms with van der Waals surface area (Å²) in [6.45, 7) is 0. The molecule has 0 saturated heterocycles. The molecule has 1 aliphatic rings. The van der Waals surface area contributed by atoms with Crippen molar-refractivity contribution in [1.82, 2.24) is 20.2 Å². The third-order valence-electron chi connectivity index (χ3n) is 5.38. The second kappa shape index (κ2) is 8.73. The number of rotatable bonds is 6. The van der Waals surface area contributed by atoms with Crippen molar-refractivity contribution in [2.75, 3.05) is 5.32 Å². The van der Waals surface area contributed by atoms with Gasteiger partial charge in [0.1, 0.15) is 0 Å². The summed E-state index contributed by atoms with van der Waals surface area (Å²) in [6, 6.07) is 23.6. The Morgan fingerprint density at radius 1 is 0.968 bits per heavy atom. The van der Waals surface area contributed by atoms with E-state index in [1.807, 2.05) is 60.7 Å². The first-order valence-corrected chi connectivity index (χ1v) is 11.2. The summed E-state index contributed by atoms with van der Waals surface area (Å²) in [7, 11) is 0. The summed E-state index contributed by atoms with van der Waals surface area (Å²) in [4.78, 5) is 13.9. The summed E-state index contributed by atoms with van der Waals surface area (Å²) in [6.07, 6.45) is 3.40. The van der Waals surface area contributed by atoms with E-state index in [0.717, 1.165) is 34.9 Å². The number of thioether (sulfide) groups is 1. The van der Waals surface area contributed by atoms with Crippen molar-refractivity contribution in [2.24, 2.45) is 0 Å². The Labute approximate surface area is 184 Å². The first-order valence-electron chi connectivity index (χ1n) is 10.3. The molecule has 0 spiro atoms. The van der Waals surface area contributed by atoms with Gasteiger partial charge in [0.15, 0.2) is 5.82 Å². The number of aryl methyl sites for hydroxylation is 2. The predicted octanol–water partition coefficient (Wildman–Crippen LogP) is 4.70. The van der Waals surface area contributed by atoms with Crippen LogP contribution >= 0.6 is 11.8 Å². The van der Waals surface area contributed by atoms with E-state index in [-0.39, 0.29) is 5.91 Å². The molecule has 1 aliphatic carbocycles. The second-order valence-corrected chi connectivity index (χ2v) is 8.44. The highest BCUT2D eigenvalue weighted by Crippen LogP contribution is 2.28. The van der Waals surface area contributed by atoms with Gasteiger partial charge in [-0.25, -0.2) is 0 Å². The number of hydrogen-bond acceptors (Lipinski definition) is 5. The van der Waals surface area contributed by atoms with Gasteiger partial charge in [0.05, 0.1) is 17.0 Å². The van der Waals surface area contributed by atoms with Crippen molar-refractivity contribution in [3.63, 3.8) is 0 Å². The lowest BCUT2D eigenvalue weighted by atomic mass is 10.1. The average molecular weight is 428 g/mol. The Bertz CT molecular complexity index is 1220. The molecule has 0 fully saturated rings. The van der Waals surface area contributed by atoms with Gasteiger partial charge in [-0.15, -0.1) is 16.9 Å². The lowest BCUT2D eigenvalue weighted by Crippen LogP contribution is -2.13. The van der Waals surface area contributed by atoms with Crippen LogP contribution in [-0.4, -0.2) is 26.1 Å². The maximum atomic E-state index is 13.0. The summed E-state index contributed by atoms with van der Waals surface area (Å²) in [5.74, 6) is 1.17. The molecule has 4 aromatic rings. The first-order chi connectivity index (χ1) is 15.3. The number of fused-ring (bicyclic) bond motifs is 1. The maximum absolute atomic E-state index is 13.0. The molecule has 3 aromatic carbocycles. The maximum Gasteiger partial charge on any atom is 0.256 e. The van der Waals surface area contributed by atoms with Gasteiger partial charge in [-0.2, -0.15) is 4.68 Å². The highest BCUT2D eigenvalue weighted by atomic mass is 32.2. The number of hydrogen-bond donors (Lipinski definition) is 1. The average Bonchev–Trinajstić information content (AvgIpc) is 3.47. The van der Waals surface area contributed by atoms with Crippen LogP contribution in [0.5, 0.6) is 0 Å².